The molecule has 1 aliphatic rings. The maximum atomic E-state index is 12.4. The molecular weight excluding hydrogens is 354 g/mol. The molecular formula is C18H21N3O4S. The van der Waals surface area contributed by atoms with Crippen LogP contribution in [0, 0.1) is 0 Å². The highest BCUT2D eigenvalue weighted by atomic mass is 32.1. The van der Waals surface area contributed by atoms with Gasteiger partial charge in [0.25, 0.3) is 5.91 Å². The van der Waals surface area contributed by atoms with E-state index in [9.17, 15) is 14.7 Å². The molecule has 2 aromatic rings. The number of carbonyl (C=O) groups excluding carboxylic acids is 2. The van der Waals surface area contributed by atoms with Crippen molar-refractivity contribution in [2.24, 2.45) is 0 Å². The summed E-state index contributed by atoms with van der Waals surface area (Å²) in [5.74, 6) is -0.168. The van der Waals surface area contributed by atoms with Gasteiger partial charge in [-0.15, -0.1) is 11.3 Å². The van der Waals surface area contributed by atoms with Gasteiger partial charge in [-0.1, -0.05) is 12.1 Å². The molecule has 1 fully saturated rings. The number of thiazole rings is 1. The summed E-state index contributed by atoms with van der Waals surface area (Å²) in [6.45, 7) is 0.703. The molecule has 0 saturated carbocycles. The third-order valence-corrected chi connectivity index (χ3v) is 4.74. The highest BCUT2D eigenvalue weighted by Gasteiger charge is 2.26. The first-order valence-corrected chi connectivity index (χ1v) is 9.43. The second-order valence-electron chi connectivity index (χ2n) is 6.08. The topological polar surface area (TPSA) is 91.8 Å². The second-order valence-corrected chi connectivity index (χ2v) is 6.80. The minimum Gasteiger partial charge on any atom is -0.485 e. The molecule has 7 nitrogen and oxygen atoms in total. The van der Waals surface area contributed by atoms with E-state index in [4.69, 9.17) is 4.74 Å². The molecule has 138 valence electrons. The number of hydrogen-bond acceptors (Lipinski definition) is 6. The van der Waals surface area contributed by atoms with Crippen molar-refractivity contribution in [2.45, 2.75) is 32.0 Å². The number of nitrogens with zero attached hydrogens (tertiary/aromatic N) is 2. The van der Waals surface area contributed by atoms with E-state index in [-0.39, 0.29) is 18.4 Å². The average molecular weight is 375 g/mol. The fourth-order valence-electron chi connectivity index (χ4n) is 2.76. The molecule has 2 amide bonds. The first-order chi connectivity index (χ1) is 12.6. The Labute approximate surface area is 155 Å². The van der Waals surface area contributed by atoms with Crippen LogP contribution >= 0.6 is 11.3 Å². The summed E-state index contributed by atoms with van der Waals surface area (Å²) < 4.78 is 5.74. The molecule has 1 saturated heterocycles. The lowest BCUT2D eigenvalue weighted by atomic mass is 10.2. The highest BCUT2D eigenvalue weighted by Crippen LogP contribution is 2.25. The van der Waals surface area contributed by atoms with Gasteiger partial charge in [0.2, 0.25) is 5.91 Å². The summed E-state index contributed by atoms with van der Waals surface area (Å²) in [4.78, 5) is 30.0. The number of ether oxygens (including phenoxy) is 1. The molecule has 1 aliphatic heterocycles. The molecule has 1 aromatic heterocycles. The molecule has 8 heteroatoms. The Kier molecular flexibility index (Phi) is 6.19. The Balaban J connectivity index is 1.61. The number of nitrogens with one attached hydrogen (secondary N) is 1. The van der Waals surface area contributed by atoms with Crippen molar-refractivity contribution >= 4 is 28.8 Å². The average Bonchev–Trinajstić information content (AvgIpc) is 3.11. The molecule has 1 unspecified atom stereocenters. The fourth-order valence-corrected chi connectivity index (χ4v) is 3.30. The van der Waals surface area contributed by atoms with Crippen LogP contribution in [0.4, 0.5) is 5.69 Å². The van der Waals surface area contributed by atoms with Crippen molar-refractivity contribution in [1.29, 1.82) is 0 Å². The van der Waals surface area contributed by atoms with Gasteiger partial charge in [0.1, 0.15) is 18.5 Å². The summed E-state index contributed by atoms with van der Waals surface area (Å²) in [5, 5.41) is 14.5. The summed E-state index contributed by atoms with van der Waals surface area (Å²) in [5.41, 5.74) is 3.09. The minimum atomic E-state index is -1.01. The van der Waals surface area contributed by atoms with Crippen LogP contribution in [0.1, 0.15) is 25.0 Å². The van der Waals surface area contributed by atoms with Crippen LogP contribution in [0.3, 0.4) is 0 Å². The number of aliphatic hydroxyl groups is 1. The van der Waals surface area contributed by atoms with E-state index < -0.39 is 6.10 Å². The first kappa shape index (κ1) is 18.3. The van der Waals surface area contributed by atoms with E-state index in [0.717, 1.165) is 18.5 Å². The Morgan fingerprint density at radius 1 is 1.38 bits per heavy atom. The van der Waals surface area contributed by atoms with Crippen LogP contribution in [-0.4, -0.2) is 46.0 Å². The Hall–Kier alpha value is -2.45. The van der Waals surface area contributed by atoms with Crippen molar-refractivity contribution in [3.8, 4) is 5.75 Å². The lowest BCUT2D eigenvalue weighted by molar-refractivity contribution is -0.141. The normalized spacial score (nSPS) is 17.7. The molecule has 0 bridgehead atoms. The second kappa shape index (κ2) is 8.77. The van der Waals surface area contributed by atoms with Crippen LogP contribution in [0.5, 0.6) is 5.75 Å². The smallest absolute Gasteiger partial charge is 0.251 e. The summed E-state index contributed by atoms with van der Waals surface area (Å²) >= 11 is 1.49. The Bertz CT molecular complexity index is 751. The number of aliphatic hydroxyl groups excluding tert-OH is 1. The van der Waals surface area contributed by atoms with Crippen molar-refractivity contribution < 1.29 is 19.4 Å². The van der Waals surface area contributed by atoms with E-state index in [0.29, 0.717) is 31.0 Å². The third kappa shape index (κ3) is 4.80. The number of rotatable bonds is 6. The zero-order chi connectivity index (χ0) is 18.4. The molecule has 0 spiro atoms. The van der Waals surface area contributed by atoms with E-state index in [1.54, 1.807) is 23.7 Å². The van der Waals surface area contributed by atoms with Crippen LogP contribution in [0.2, 0.25) is 0 Å². The van der Waals surface area contributed by atoms with Gasteiger partial charge < -0.3 is 20.1 Å². The van der Waals surface area contributed by atoms with Crippen molar-refractivity contribution in [2.75, 3.05) is 18.4 Å². The molecule has 0 aliphatic carbocycles. The SMILES string of the molecule is O=C(CN1CCCCC(O)C1=O)Nc1ccccc1OCc1cscn1. The maximum Gasteiger partial charge on any atom is 0.251 e. The number of benzene rings is 1. The zero-order valence-corrected chi connectivity index (χ0v) is 15.1. The molecule has 2 N–H and O–H groups in total. The van der Waals surface area contributed by atoms with Crippen LogP contribution in [0.15, 0.2) is 35.2 Å². The number of aromatic nitrogens is 1. The van der Waals surface area contributed by atoms with E-state index in [2.05, 4.69) is 10.3 Å². The number of anilines is 1. The first-order valence-electron chi connectivity index (χ1n) is 8.49. The van der Waals surface area contributed by atoms with Gasteiger partial charge in [-0.2, -0.15) is 0 Å². The Morgan fingerprint density at radius 2 is 2.23 bits per heavy atom. The van der Waals surface area contributed by atoms with Gasteiger partial charge in [0.05, 0.1) is 23.4 Å². The predicted molar refractivity (Wildman–Crippen MR) is 98.0 cm³/mol. The number of amides is 2. The zero-order valence-electron chi connectivity index (χ0n) is 14.3. The Morgan fingerprint density at radius 3 is 3.04 bits per heavy atom. The van der Waals surface area contributed by atoms with Crippen molar-refractivity contribution in [3.05, 3.63) is 40.8 Å². The maximum absolute atomic E-state index is 12.4. The monoisotopic (exact) mass is 375 g/mol. The molecule has 3 rings (SSSR count). The van der Waals surface area contributed by atoms with Crippen LogP contribution in [-0.2, 0) is 16.2 Å². The largest absolute Gasteiger partial charge is 0.485 e. The highest BCUT2D eigenvalue weighted by molar-refractivity contribution is 7.07. The summed E-state index contributed by atoms with van der Waals surface area (Å²) in [6.07, 6.45) is 0.991. The molecule has 2 heterocycles. The van der Waals surface area contributed by atoms with Crippen LogP contribution < -0.4 is 10.1 Å². The summed E-state index contributed by atoms with van der Waals surface area (Å²) in [6, 6.07) is 7.13. The summed E-state index contributed by atoms with van der Waals surface area (Å²) in [7, 11) is 0. The number of para-hydroxylation sites is 2. The van der Waals surface area contributed by atoms with Gasteiger partial charge in [0, 0.05) is 11.9 Å². The lowest BCUT2D eigenvalue weighted by Crippen LogP contribution is -2.42. The van der Waals surface area contributed by atoms with E-state index in [1.165, 1.54) is 16.2 Å². The molecule has 0 radical (unpaired) electrons. The van der Waals surface area contributed by atoms with E-state index in [1.807, 2.05) is 11.4 Å². The van der Waals surface area contributed by atoms with Crippen molar-refractivity contribution in [3.63, 3.8) is 0 Å². The van der Waals surface area contributed by atoms with Gasteiger partial charge in [-0.25, -0.2) is 4.98 Å². The molecule has 1 aromatic carbocycles. The van der Waals surface area contributed by atoms with Gasteiger partial charge in [0.15, 0.2) is 0 Å². The lowest BCUT2D eigenvalue weighted by Gasteiger charge is -2.22. The standard InChI is InChI=1S/C18H21N3O4S/c22-15-6-3-4-8-21(18(15)24)9-17(23)20-14-5-1-2-7-16(14)25-10-13-11-26-12-19-13/h1-2,5,7,11-12,15,22H,3-4,6,8-10H2,(H,20,23). The quantitative estimate of drug-likeness (QED) is 0.806. The number of likely N-dealkylation sites (tertiary alicyclic amines) is 1. The molecule has 26 heavy (non-hydrogen) atoms. The van der Waals surface area contributed by atoms with Gasteiger partial charge in [-0.05, 0) is 31.4 Å². The van der Waals surface area contributed by atoms with Gasteiger partial charge >= 0.3 is 0 Å². The van der Waals surface area contributed by atoms with Gasteiger partial charge in [-0.3, -0.25) is 9.59 Å². The van der Waals surface area contributed by atoms with Crippen molar-refractivity contribution in [1.82, 2.24) is 9.88 Å². The third-order valence-electron chi connectivity index (χ3n) is 4.11. The predicted octanol–water partition coefficient (Wildman–Crippen LogP) is 2.03. The fraction of sp³-hybridized carbons (Fsp3) is 0.389. The molecule has 1 atom stereocenters. The number of hydrogen-bond donors (Lipinski definition) is 2. The van der Waals surface area contributed by atoms with Crippen LogP contribution in [0.25, 0.3) is 0 Å². The minimum absolute atomic E-state index is 0.0870. The van der Waals surface area contributed by atoms with E-state index >= 15 is 0 Å². The number of carbonyl (C=O) groups is 2.